The quantitative estimate of drug-likeness (QED) is 0.248. The summed E-state index contributed by atoms with van der Waals surface area (Å²) in [6.45, 7) is 4.64. The molecule has 0 spiro atoms. The summed E-state index contributed by atoms with van der Waals surface area (Å²) in [5.74, 6) is 0.961. The highest BCUT2D eigenvalue weighted by Gasteiger charge is 2.34. The maximum atomic E-state index is 13.6. The minimum atomic E-state index is -0.502. The van der Waals surface area contributed by atoms with Crippen LogP contribution in [0.25, 0.3) is 22.1 Å². The van der Waals surface area contributed by atoms with Crippen LogP contribution in [0, 0.1) is 5.92 Å². The molecule has 1 N–H and O–H groups in total. The Labute approximate surface area is 219 Å². The molecule has 0 unspecified atom stereocenters. The number of benzene rings is 3. The van der Waals surface area contributed by atoms with Crippen LogP contribution in [-0.4, -0.2) is 31.9 Å². The molecule has 3 aromatic carbocycles. The van der Waals surface area contributed by atoms with Crippen LogP contribution in [0.2, 0.25) is 0 Å². The van der Waals surface area contributed by atoms with Gasteiger partial charge >= 0.3 is 5.97 Å². The van der Waals surface area contributed by atoms with Crippen LogP contribution in [0.3, 0.4) is 0 Å². The van der Waals surface area contributed by atoms with E-state index in [1.165, 1.54) is 12.3 Å². The average molecular weight is 517 g/mol. The molecule has 0 bridgehead atoms. The third-order valence-electron chi connectivity index (χ3n) is 6.53. The molecule has 1 aliphatic rings. The van der Waals surface area contributed by atoms with E-state index in [0.29, 0.717) is 40.9 Å². The molecule has 4 aromatic rings. The molecule has 1 atom stereocenters. The van der Waals surface area contributed by atoms with Gasteiger partial charge in [0.15, 0.2) is 11.5 Å². The molecule has 0 amide bonds. The highest BCUT2D eigenvalue weighted by atomic mass is 16.5. The summed E-state index contributed by atoms with van der Waals surface area (Å²) < 4.78 is 28.1. The number of rotatable bonds is 7. The Morgan fingerprint density at radius 2 is 1.76 bits per heavy atom. The van der Waals surface area contributed by atoms with E-state index in [4.69, 9.17) is 23.4 Å². The molecule has 8 heteroatoms. The Hall–Kier alpha value is -4.46. The van der Waals surface area contributed by atoms with Gasteiger partial charge in [0, 0.05) is 17.5 Å². The van der Waals surface area contributed by atoms with Gasteiger partial charge in [-0.25, -0.2) is 0 Å². The lowest BCUT2D eigenvalue weighted by molar-refractivity contribution is -0.135. The molecule has 0 fully saturated rings. The minimum Gasteiger partial charge on any atom is -0.507 e. The maximum absolute atomic E-state index is 13.6. The smallest absolute Gasteiger partial charge is 0.312 e. The first-order chi connectivity index (χ1) is 18.3. The largest absolute Gasteiger partial charge is 0.507 e. The summed E-state index contributed by atoms with van der Waals surface area (Å²) in [7, 11) is 3.11. The molecule has 0 radical (unpaired) electrons. The number of phenols is 1. The Morgan fingerprint density at radius 3 is 2.45 bits per heavy atom. The lowest BCUT2D eigenvalue weighted by Gasteiger charge is -2.26. The predicted molar refractivity (Wildman–Crippen MR) is 142 cm³/mol. The van der Waals surface area contributed by atoms with Gasteiger partial charge in [0.2, 0.25) is 5.43 Å². The van der Waals surface area contributed by atoms with E-state index in [2.05, 4.69) is 13.8 Å². The number of hydrogen-bond acceptors (Lipinski definition) is 8. The van der Waals surface area contributed by atoms with E-state index in [9.17, 15) is 14.7 Å². The van der Waals surface area contributed by atoms with Gasteiger partial charge in [0.1, 0.15) is 34.5 Å². The monoisotopic (exact) mass is 516 g/mol. The standard InChI is InChI=1S/C30H28O8/c1-16(2)14-36-23-10-7-18(11-24(23)35-4)20-12-26(32)38-25-13-22(31)28-29(33)21(15-37-30(28)27(20)25)17-5-8-19(34-3)9-6-17/h5-11,13,15-16,20,31H,12,14H2,1-4H3/t20-/m1/s1. The number of phenolic OH excluding ortho intramolecular Hbond substituents is 1. The average Bonchev–Trinajstić information content (AvgIpc) is 2.91. The second-order valence-electron chi connectivity index (χ2n) is 9.56. The normalized spacial score (nSPS) is 14.8. The zero-order valence-electron chi connectivity index (χ0n) is 21.6. The van der Waals surface area contributed by atoms with E-state index in [0.717, 1.165) is 5.56 Å². The summed E-state index contributed by atoms with van der Waals surface area (Å²) >= 11 is 0. The fourth-order valence-corrected chi connectivity index (χ4v) is 4.66. The molecule has 1 aromatic heterocycles. The Bertz CT molecular complexity index is 1570. The first kappa shape index (κ1) is 25.2. The summed E-state index contributed by atoms with van der Waals surface area (Å²) in [5.41, 5.74) is 1.93. The fourth-order valence-electron chi connectivity index (χ4n) is 4.66. The predicted octanol–water partition coefficient (Wildman–Crippen LogP) is 5.66. The molecule has 1 aliphatic heterocycles. The zero-order chi connectivity index (χ0) is 27.0. The maximum Gasteiger partial charge on any atom is 0.312 e. The van der Waals surface area contributed by atoms with Crippen molar-refractivity contribution >= 4 is 16.9 Å². The highest BCUT2D eigenvalue weighted by molar-refractivity contribution is 5.94. The lowest BCUT2D eigenvalue weighted by atomic mass is 9.84. The molecular weight excluding hydrogens is 488 g/mol. The molecule has 38 heavy (non-hydrogen) atoms. The van der Waals surface area contributed by atoms with Gasteiger partial charge in [0.05, 0.1) is 32.8 Å². The van der Waals surface area contributed by atoms with Crippen LogP contribution < -0.4 is 24.4 Å². The van der Waals surface area contributed by atoms with Crippen LogP contribution in [0.5, 0.6) is 28.7 Å². The van der Waals surface area contributed by atoms with Crippen molar-refractivity contribution in [3.05, 3.63) is 76.1 Å². The van der Waals surface area contributed by atoms with Crippen molar-refractivity contribution in [3.8, 4) is 39.9 Å². The van der Waals surface area contributed by atoms with Crippen molar-refractivity contribution in [1.82, 2.24) is 0 Å². The van der Waals surface area contributed by atoms with Crippen LogP contribution in [0.4, 0.5) is 0 Å². The first-order valence-corrected chi connectivity index (χ1v) is 12.3. The van der Waals surface area contributed by atoms with E-state index < -0.39 is 17.3 Å². The van der Waals surface area contributed by atoms with E-state index >= 15 is 0 Å². The van der Waals surface area contributed by atoms with Gasteiger partial charge in [-0.15, -0.1) is 0 Å². The van der Waals surface area contributed by atoms with Gasteiger partial charge in [-0.3, -0.25) is 9.59 Å². The van der Waals surface area contributed by atoms with Crippen molar-refractivity contribution in [1.29, 1.82) is 0 Å². The number of carbonyl (C=O) groups is 1. The van der Waals surface area contributed by atoms with Crippen molar-refractivity contribution in [2.75, 3.05) is 20.8 Å². The van der Waals surface area contributed by atoms with E-state index in [-0.39, 0.29) is 34.5 Å². The number of fused-ring (bicyclic) bond motifs is 3. The van der Waals surface area contributed by atoms with Crippen LogP contribution in [0.15, 0.2) is 64.0 Å². The van der Waals surface area contributed by atoms with E-state index in [1.54, 1.807) is 44.6 Å². The Kier molecular flexibility index (Phi) is 6.72. The van der Waals surface area contributed by atoms with Crippen molar-refractivity contribution < 1.29 is 33.3 Å². The second-order valence-corrected chi connectivity index (χ2v) is 9.56. The zero-order valence-corrected chi connectivity index (χ0v) is 21.6. The summed E-state index contributed by atoms with van der Waals surface area (Å²) in [6, 6.07) is 13.7. The molecule has 8 nitrogen and oxygen atoms in total. The van der Waals surface area contributed by atoms with Crippen molar-refractivity contribution in [2.24, 2.45) is 5.92 Å². The first-order valence-electron chi connectivity index (χ1n) is 12.3. The Morgan fingerprint density at radius 1 is 1.00 bits per heavy atom. The number of aromatic hydroxyl groups is 1. The Balaban J connectivity index is 1.65. The molecule has 0 aliphatic carbocycles. The molecule has 0 saturated carbocycles. The topological polar surface area (TPSA) is 104 Å². The number of methoxy groups -OCH3 is 2. The van der Waals surface area contributed by atoms with Gasteiger partial charge in [-0.1, -0.05) is 32.0 Å². The molecule has 2 heterocycles. The molecule has 5 rings (SSSR count). The van der Waals surface area contributed by atoms with Gasteiger partial charge < -0.3 is 28.5 Å². The number of hydrogen-bond donors (Lipinski definition) is 1. The summed E-state index contributed by atoms with van der Waals surface area (Å²) in [5, 5.41) is 10.8. The SMILES string of the molecule is COc1ccc(-c2coc3c4c(cc(O)c3c2=O)OC(=O)C[C@@H]4c2ccc(OCC(C)C)c(OC)c2)cc1. The van der Waals surface area contributed by atoms with Gasteiger partial charge in [0.25, 0.3) is 0 Å². The number of ether oxygens (including phenoxy) is 4. The van der Waals surface area contributed by atoms with Crippen LogP contribution >= 0.6 is 0 Å². The van der Waals surface area contributed by atoms with Gasteiger partial charge in [-0.2, -0.15) is 0 Å². The highest BCUT2D eigenvalue weighted by Crippen LogP contribution is 2.46. The van der Waals surface area contributed by atoms with Crippen molar-refractivity contribution in [3.63, 3.8) is 0 Å². The van der Waals surface area contributed by atoms with Gasteiger partial charge in [-0.05, 0) is 41.3 Å². The second kappa shape index (κ2) is 10.1. The van der Waals surface area contributed by atoms with Crippen LogP contribution in [-0.2, 0) is 4.79 Å². The third-order valence-corrected chi connectivity index (χ3v) is 6.53. The summed E-state index contributed by atoms with van der Waals surface area (Å²) in [6.07, 6.45) is 1.38. The molecule has 0 saturated heterocycles. The molecular formula is C30H28O8. The lowest BCUT2D eigenvalue weighted by Crippen LogP contribution is -2.22. The third kappa shape index (κ3) is 4.53. The fraction of sp³-hybridized carbons (Fsp3) is 0.267. The minimum absolute atomic E-state index is 0.0175. The number of esters is 1. The number of carbonyl (C=O) groups excluding carboxylic acids is 1. The van der Waals surface area contributed by atoms with Crippen LogP contribution in [0.1, 0.15) is 37.3 Å². The summed E-state index contributed by atoms with van der Waals surface area (Å²) in [4.78, 5) is 26.1. The molecule has 196 valence electrons. The van der Waals surface area contributed by atoms with Crippen molar-refractivity contribution in [2.45, 2.75) is 26.2 Å². The van der Waals surface area contributed by atoms with E-state index in [1.807, 2.05) is 12.1 Å².